The Kier molecular flexibility index (Phi) is 4.03. The van der Waals surface area contributed by atoms with Crippen LogP contribution in [0.5, 0.6) is 0 Å². The molecular weight excluding hydrogens is 330 g/mol. The Morgan fingerprint density at radius 1 is 1.04 bits per heavy atom. The molecule has 128 valence electrons. The maximum Gasteiger partial charge on any atom is 0.262 e. The van der Waals surface area contributed by atoms with Gasteiger partial charge in [-0.2, -0.15) is 5.10 Å². The van der Waals surface area contributed by atoms with Gasteiger partial charge < -0.3 is 10.3 Å². The molecule has 0 aliphatic heterocycles. The van der Waals surface area contributed by atoms with Crippen LogP contribution in [0.1, 0.15) is 16.2 Å². The Morgan fingerprint density at radius 3 is 2.46 bits per heavy atom. The third-order valence-electron chi connectivity index (χ3n) is 3.94. The highest BCUT2D eigenvalue weighted by Crippen LogP contribution is 2.13. The molecule has 0 atom stereocenters. The number of para-hydroxylation sites is 1. The van der Waals surface area contributed by atoms with Crippen LogP contribution in [0.25, 0.3) is 16.7 Å². The summed E-state index contributed by atoms with van der Waals surface area (Å²) in [6.45, 7) is 0.110. The predicted octanol–water partition coefficient (Wildman–Crippen LogP) is 2.04. The molecule has 0 saturated heterocycles. The van der Waals surface area contributed by atoms with Crippen molar-refractivity contribution in [3.05, 3.63) is 88.6 Å². The molecule has 0 aliphatic rings. The molecule has 26 heavy (non-hydrogen) atoms. The van der Waals surface area contributed by atoms with E-state index in [1.807, 2.05) is 36.4 Å². The van der Waals surface area contributed by atoms with E-state index >= 15 is 0 Å². The van der Waals surface area contributed by atoms with Crippen molar-refractivity contribution in [3.8, 4) is 5.69 Å². The second-order valence-electron chi connectivity index (χ2n) is 5.69. The molecule has 0 fully saturated rings. The minimum absolute atomic E-state index is 0.110. The number of benzene rings is 2. The lowest BCUT2D eigenvalue weighted by Gasteiger charge is -2.06. The summed E-state index contributed by atoms with van der Waals surface area (Å²) in [5.74, 6) is 0.134. The molecule has 2 N–H and O–H groups in total. The van der Waals surface area contributed by atoms with Crippen LogP contribution in [0.3, 0.4) is 0 Å². The Bertz CT molecular complexity index is 1120. The highest BCUT2D eigenvalue weighted by Gasteiger charge is 2.12. The van der Waals surface area contributed by atoms with Gasteiger partial charge in [-0.1, -0.05) is 36.4 Å². The molecule has 4 aromatic rings. The maximum atomic E-state index is 12.3. The SMILES string of the molecule is O=C(NCc1nc2c(cnn2-c2ccccc2)c(=O)[nH]1)c1ccccc1. The van der Waals surface area contributed by atoms with Gasteiger partial charge in [-0.05, 0) is 24.3 Å². The fraction of sp³-hybridized carbons (Fsp3) is 0.0526. The van der Waals surface area contributed by atoms with Crippen LogP contribution < -0.4 is 10.9 Å². The fourth-order valence-corrected chi connectivity index (χ4v) is 2.66. The van der Waals surface area contributed by atoms with Crippen molar-refractivity contribution < 1.29 is 4.79 Å². The molecule has 1 amide bonds. The molecule has 0 aliphatic carbocycles. The van der Waals surface area contributed by atoms with Crippen LogP contribution in [0.15, 0.2) is 71.7 Å². The van der Waals surface area contributed by atoms with E-state index in [2.05, 4.69) is 20.4 Å². The summed E-state index contributed by atoms with van der Waals surface area (Å²) in [5, 5.41) is 7.41. The van der Waals surface area contributed by atoms with Gasteiger partial charge in [0.05, 0.1) is 18.4 Å². The van der Waals surface area contributed by atoms with Gasteiger partial charge >= 0.3 is 0 Å². The fourth-order valence-electron chi connectivity index (χ4n) is 2.66. The van der Waals surface area contributed by atoms with E-state index in [0.29, 0.717) is 22.4 Å². The topological polar surface area (TPSA) is 92.7 Å². The van der Waals surface area contributed by atoms with Crippen molar-refractivity contribution >= 4 is 16.9 Å². The molecule has 0 spiro atoms. The number of hydrogen-bond donors (Lipinski definition) is 2. The van der Waals surface area contributed by atoms with Crippen molar-refractivity contribution in [1.82, 2.24) is 25.1 Å². The van der Waals surface area contributed by atoms with Crippen LogP contribution in [0.4, 0.5) is 0 Å². The number of hydrogen-bond acceptors (Lipinski definition) is 4. The van der Waals surface area contributed by atoms with E-state index in [0.717, 1.165) is 5.69 Å². The molecule has 2 heterocycles. The van der Waals surface area contributed by atoms with E-state index in [9.17, 15) is 9.59 Å². The molecule has 4 rings (SSSR count). The highest BCUT2D eigenvalue weighted by atomic mass is 16.1. The lowest BCUT2D eigenvalue weighted by atomic mass is 10.2. The monoisotopic (exact) mass is 345 g/mol. The Morgan fingerprint density at radius 2 is 1.73 bits per heavy atom. The molecule has 0 bridgehead atoms. The van der Waals surface area contributed by atoms with E-state index < -0.39 is 0 Å². The van der Waals surface area contributed by atoms with Gasteiger partial charge in [0.2, 0.25) is 0 Å². The van der Waals surface area contributed by atoms with Crippen LogP contribution in [-0.4, -0.2) is 25.7 Å². The Balaban J connectivity index is 1.64. The van der Waals surface area contributed by atoms with Crippen LogP contribution in [0.2, 0.25) is 0 Å². The van der Waals surface area contributed by atoms with Gasteiger partial charge in [-0.3, -0.25) is 9.59 Å². The summed E-state index contributed by atoms with van der Waals surface area (Å²) >= 11 is 0. The third-order valence-corrected chi connectivity index (χ3v) is 3.94. The zero-order valence-corrected chi connectivity index (χ0v) is 13.7. The number of carbonyl (C=O) groups is 1. The maximum absolute atomic E-state index is 12.3. The van der Waals surface area contributed by atoms with Crippen molar-refractivity contribution in [1.29, 1.82) is 0 Å². The van der Waals surface area contributed by atoms with Gasteiger partial charge in [0.25, 0.3) is 11.5 Å². The van der Waals surface area contributed by atoms with E-state index in [4.69, 9.17) is 0 Å². The van der Waals surface area contributed by atoms with Crippen LogP contribution in [-0.2, 0) is 6.54 Å². The molecular formula is C19H15N5O2. The number of amides is 1. The molecule has 7 nitrogen and oxygen atoms in total. The molecule has 7 heteroatoms. The molecule has 2 aromatic heterocycles. The zero-order valence-electron chi connectivity index (χ0n) is 13.7. The Labute approximate surface area is 148 Å². The summed E-state index contributed by atoms with van der Waals surface area (Å²) in [6, 6.07) is 18.3. The van der Waals surface area contributed by atoms with Gasteiger partial charge in [0.15, 0.2) is 5.65 Å². The number of rotatable bonds is 4. The summed E-state index contributed by atoms with van der Waals surface area (Å²) < 4.78 is 1.60. The third kappa shape index (κ3) is 2.98. The average molecular weight is 345 g/mol. The van der Waals surface area contributed by atoms with Gasteiger partial charge in [0.1, 0.15) is 11.2 Å². The Hall–Kier alpha value is -3.74. The largest absolute Gasteiger partial charge is 0.345 e. The minimum atomic E-state index is -0.291. The zero-order chi connectivity index (χ0) is 17.9. The number of fused-ring (bicyclic) bond motifs is 1. The standard InChI is InChI=1S/C19H15N5O2/c25-18(13-7-3-1-4-8-13)20-12-16-22-17-15(19(26)23-16)11-21-24(17)14-9-5-2-6-10-14/h1-11H,12H2,(H,20,25)(H,22,23,26). The van der Waals surface area contributed by atoms with Gasteiger partial charge in [0, 0.05) is 5.56 Å². The number of H-pyrrole nitrogens is 1. The number of carbonyl (C=O) groups excluding carboxylic acids is 1. The molecule has 0 radical (unpaired) electrons. The van der Waals surface area contributed by atoms with E-state index in [-0.39, 0.29) is 18.0 Å². The summed E-state index contributed by atoms with van der Waals surface area (Å²) in [7, 11) is 0. The van der Waals surface area contributed by atoms with Gasteiger partial charge in [-0.15, -0.1) is 0 Å². The minimum Gasteiger partial charge on any atom is -0.345 e. The first-order chi connectivity index (χ1) is 12.7. The van der Waals surface area contributed by atoms with Crippen LogP contribution >= 0.6 is 0 Å². The lowest BCUT2D eigenvalue weighted by molar-refractivity contribution is 0.0950. The van der Waals surface area contributed by atoms with Crippen molar-refractivity contribution in [2.45, 2.75) is 6.54 Å². The van der Waals surface area contributed by atoms with E-state index in [1.54, 1.807) is 28.9 Å². The van der Waals surface area contributed by atoms with Crippen molar-refractivity contribution in [3.63, 3.8) is 0 Å². The summed E-state index contributed by atoms with van der Waals surface area (Å²) in [4.78, 5) is 31.6. The molecule has 2 aromatic carbocycles. The first-order valence-corrected chi connectivity index (χ1v) is 8.08. The summed E-state index contributed by atoms with van der Waals surface area (Å²) in [5.41, 5.74) is 1.51. The first kappa shape index (κ1) is 15.8. The predicted molar refractivity (Wildman–Crippen MR) is 97.1 cm³/mol. The number of nitrogens with one attached hydrogen (secondary N) is 2. The first-order valence-electron chi connectivity index (χ1n) is 8.08. The second-order valence-corrected chi connectivity index (χ2v) is 5.69. The average Bonchev–Trinajstić information content (AvgIpc) is 3.12. The van der Waals surface area contributed by atoms with E-state index in [1.165, 1.54) is 6.20 Å². The van der Waals surface area contributed by atoms with Gasteiger partial charge in [-0.25, -0.2) is 9.67 Å². The number of aromatic nitrogens is 4. The highest BCUT2D eigenvalue weighted by molar-refractivity contribution is 5.94. The lowest BCUT2D eigenvalue weighted by Crippen LogP contribution is -2.25. The summed E-state index contributed by atoms with van der Waals surface area (Å²) in [6.07, 6.45) is 1.49. The number of aromatic amines is 1. The van der Waals surface area contributed by atoms with Crippen molar-refractivity contribution in [2.75, 3.05) is 0 Å². The molecule has 0 saturated carbocycles. The second kappa shape index (κ2) is 6.64. The molecule has 0 unspecified atom stereocenters. The quantitative estimate of drug-likeness (QED) is 0.592. The van der Waals surface area contributed by atoms with Crippen molar-refractivity contribution in [2.24, 2.45) is 0 Å². The number of nitrogens with zero attached hydrogens (tertiary/aromatic N) is 3. The smallest absolute Gasteiger partial charge is 0.262 e. The van der Waals surface area contributed by atoms with Crippen LogP contribution in [0, 0.1) is 0 Å². The normalized spacial score (nSPS) is 10.8.